The smallest absolute Gasteiger partial charge is 0.180 e. The molecule has 98 valence electrons. The van der Waals surface area contributed by atoms with Crippen molar-refractivity contribution in [1.29, 1.82) is 5.41 Å². The molecule has 6 heteroatoms. The lowest BCUT2D eigenvalue weighted by Gasteiger charge is -2.10. The number of rotatable bonds is 3. The van der Waals surface area contributed by atoms with E-state index in [-0.39, 0.29) is 21.6 Å². The highest BCUT2D eigenvalue weighted by Crippen LogP contribution is 2.31. The van der Waals surface area contributed by atoms with Gasteiger partial charge >= 0.3 is 0 Å². The van der Waals surface area contributed by atoms with Crippen LogP contribution >= 0.6 is 27.5 Å². The lowest BCUT2D eigenvalue weighted by atomic mass is 10.2. The van der Waals surface area contributed by atoms with Gasteiger partial charge in [-0.3, -0.25) is 5.41 Å². The first-order valence-electron chi connectivity index (χ1n) is 5.25. The molecule has 2 aromatic carbocycles. The summed E-state index contributed by atoms with van der Waals surface area (Å²) in [6.07, 6.45) is 0. The van der Waals surface area contributed by atoms with E-state index in [9.17, 15) is 4.39 Å². The van der Waals surface area contributed by atoms with Crippen molar-refractivity contribution in [1.82, 2.24) is 0 Å². The Balaban J connectivity index is 2.34. The van der Waals surface area contributed by atoms with Crippen molar-refractivity contribution in [2.24, 2.45) is 5.73 Å². The summed E-state index contributed by atoms with van der Waals surface area (Å²) in [6, 6.07) is 9.50. The molecule has 0 amide bonds. The van der Waals surface area contributed by atoms with Crippen molar-refractivity contribution in [3.63, 3.8) is 0 Å². The molecule has 0 heterocycles. The van der Waals surface area contributed by atoms with E-state index < -0.39 is 5.82 Å². The molecule has 0 fully saturated rings. The highest BCUT2D eigenvalue weighted by Gasteiger charge is 2.14. The molecule has 0 atom stereocenters. The Labute approximate surface area is 122 Å². The van der Waals surface area contributed by atoms with E-state index in [1.807, 2.05) is 0 Å². The molecule has 2 aromatic rings. The zero-order valence-corrected chi connectivity index (χ0v) is 11.9. The third-order valence-electron chi connectivity index (χ3n) is 2.38. The Bertz CT molecular complexity index is 631. The zero-order chi connectivity index (χ0) is 14.0. The molecule has 0 spiro atoms. The Morgan fingerprint density at radius 1 is 1.21 bits per heavy atom. The van der Waals surface area contributed by atoms with Gasteiger partial charge in [-0.05, 0) is 52.3 Å². The molecule has 0 saturated carbocycles. The minimum absolute atomic E-state index is 0.0409. The van der Waals surface area contributed by atoms with Crippen LogP contribution in [-0.4, -0.2) is 5.84 Å². The first kappa shape index (κ1) is 13.8. The predicted molar refractivity (Wildman–Crippen MR) is 76.6 cm³/mol. The van der Waals surface area contributed by atoms with E-state index in [0.717, 1.165) is 0 Å². The molecule has 0 aliphatic rings. The number of nitrogens with one attached hydrogen (secondary N) is 1. The molecule has 0 aromatic heterocycles. The average molecular weight is 344 g/mol. The average Bonchev–Trinajstić information content (AvgIpc) is 2.37. The van der Waals surface area contributed by atoms with Crippen LogP contribution in [0.2, 0.25) is 5.02 Å². The van der Waals surface area contributed by atoms with E-state index in [4.69, 9.17) is 27.5 Å². The largest absolute Gasteiger partial charge is 0.454 e. The first-order chi connectivity index (χ1) is 8.99. The summed E-state index contributed by atoms with van der Waals surface area (Å²) in [5, 5.41) is 7.88. The molecule has 0 aliphatic carbocycles. The third kappa shape index (κ3) is 3.05. The number of halogens is 3. The second-order valence-corrected chi connectivity index (χ2v) is 4.94. The summed E-state index contributed by atoms with van der Waals surface area (Å²) in [7, 11) is 0. The van der Waals surface area contributed by atoms with Gasteiger partial charge in [-0.25, -0.2) is 4.39 Å². The monoisotopic (exact) mass is 342 g/mol. The van der Waals surface area contributed by atoms with Gasteiger partial charge in [0.15, 0.2) is 11.6 Å². The van der Waals surface area contributed by atoms with E-state index in [1.165, 1.54) is 12.1 Å². The summed E-state index contributed by atoms with van der Waals surface area (Å²) in [5.41, 5.74) is 5.61. The Hall–Kier alpha value is -1.59. The van der Waals surface area contributed by atoms with Crippen LogP contribution in [0.1, 0.15) is 5.56 Å². The highest BCUT2D eigenvalue weighted by molar-refractivity contribution is 9.10. The standard InChI is InChI=1S/C13H9BrClFN2O/c14-11-9(13(17)18)5-6-10(12(11)16)19-8-3-1-7(15)2-4-8/h1-6H,(H3,17,18). The summed E-state index contributed by atoms with van der Waals surface area (Å²) < 4.78 is 19.5. The maximum absolute atomic E-state index is 14.0. The number of hydrogen-bond acceptors (Lipinski definition) is 2. The van der Waals surface area contributed by atoms with E-state index in [1.54, 1.807) is 24.3 Å². The minimum atomic E-state index is -0.609. The molecule has 2 rings (SSSR count). The van der Waals surface area contributed by atoms with Gasteiger partial charge in [-0.15, -0.1) is 0 Å². The zero-order valence-electron chi connectivity index (χ0n) is 9.58. The van der Waals surface area contributed by atoms with Gasteiger partial charge in [0, 0.05) is 10.6 Å². The van der Waals surface area contributed by atoms with Gasteiger partial charge in [-0.1, -0.05) is 11.6 Å². The fourth-order valence-electron chi connectivity index (χ4n) is 1.45. The quantitative estimate of drug-likeness (QED) is 0.644. The lowest BCUT2D eigenvalue weighted by Crippen LogP contribution is -2.12. The van der Waals surface area contributed by atoms with Crippen LogP contribution in [0, 0.1) is 11.2 Å². The van der Waals surface area contributed by atoms with Gasteiger partial charge in [0.2, 0.25) is 0 Å². The maximum atomic E-state index is 14.0. The Morgan fingerprint density at radius 2 is 1.84 bits per heavy atom. The molecular formula is C13H9BrClFN2O. The minimum Gasteiger partial charge on any atom is -0.454 e. The molecule has 0 bridgehead atoms. The Kier molecular flexibility index (Phi) is 4.07. The van der Waals surface area contributed by atoms with E-state index in [2.05, 4.69) is 15.9 Å². The third-order valence-corrected chi connectivity index (χ3v) is 3.41. The van der Waals surface area contributed by atoms with Gasteiger partial charge < -0.3 is 10.5 Å². The summed E-state index contributed by atoms with van der Waals surface area (Å²) in [4.78, 5) is 0. The van der Waals surface area contributed by atoms with E-state index >= 15 is 0 Å². The molecule has 0 radical (unpaired) electrons. The van der Waals surface area contributed by atoms with Crippen molar-refractivity contribution >= 4 is 33.4 Å². The molecule has 0 unspecified atom stereocenters. The summed E-state index contributed by atoms with van der Waals surface area (Å²) in [5.74, 6) is -0.323. The number of hydrogen-bond donors (Lipinski definition) is 2. The van der Waals surface area contributed by atoms with Crippen LogP contribution < -0.4 is 10.5 Å². The van der Waals surface area contributed by atoms with Gasteiger partial charge in [0.1, 0.15) is 11.6 Å². The predicted octanol–water partition coefficient (Wildman–Crippen LogP) is 4.32. The van der Waals surface area contributed by atoms with Gasteiger partial charge in [0.25, 0.3) is 0 Å². The lowest BCUT2D eigenvalue weighted by molar-refractivity contribution is 0.440. The van der Waals surface area contributed by atoms with Crippen molar-refractivity contribution < 1.29 is 9.13 Å². The number of benzene rings is 2. The van der Waals surface area contributed by atoms with Gasteiger partial charge in [0.05, 0.1) is 4.47 Å². The fraction of sp³-hybridized carbons (Fsp3) is 0. The maximum Gasteiger partial charge on any atom is 0.180 e. The van der Waals surface area contributed by atoms with Crippen LogP contribution in [0.15, 0.2) is 40.9 Å². The molecule has 0 aliphatic heterocycles. The van der Waals surface area contributed by atoms with Gasteiger partial charge in [-0.2, -0.15) is 0 Å². The van der Waals surface area contributed by atoms with Crippen molar-refractivity contribution in [3.05, 3.63) is 57.3 Å². The second-order valence-electron chi connectivity index (χ2n) is 3.71. The Morgan fingerprint density at radius 3 is 2.42 bits per heavy atom. The van der Waals surface area contributed by atoms with Crippen molar-refractivity contribution in [2.45, 2.75) is 0 Å². The fourth-order valence-corrected chi connectivity index (χ4v) is 2.12. The first-order valence-corrected chi connectivity index (χ1v) is 6.42. The van der Waals surface area contributed by atoms with Crippen LogP contribution in [0.3, 0.4) is 0 Å². The number of nitrogens with two attached hydrogens (primary N) is 1. The van der Waals surface area contributed by atoms with Crippen LogP contribution in [0.5, 0.6) is 11.5 Å². The van der Waals surface area contributed by atoms with Crippen molar-refractivity contribution in [2.75, 3.05) is 0 Å². The van der Waals surface area contributed by atoms with E-state index in [0.29, 0.717) is 10.8 Å². The second kappa shape index (κ2) is 5.59. The van der Waals surface area contributed by atoms with Crippen molar-refractivity contribution in [3.8, 4) is 11.5 Å². The van der Waals surface area contributed by atoms with Crippen LogP contribution in [0.4, 0.5) is 4.39 Å². The summed E-state index contributed by atoms with van der Waals surface area (Å²) >= 11 is 8.81. The number of nitrogen functional groups attached to an aromatic ring is 1. The topological polar surface area (TPSA) is 59.1 Å². The van der Waals surface area contributed by atoms with Crippen LogP contribution in [0.25, 0.3) is 0 Å². The number of ether oxygens (including phenoxy) is 1. The number of amidine groups is 1. The highest BCUT2D eigenvalue weighted by atomic mass is 79.9. The molecule has 19 heavy (non-hydrogen) atoms. The summed E-state index contributed by atoms with van der Waals surface area (Å²) in [6.45, 7) is 0. The molecule has 3 N–H and O–H groups in total. The normalized spacial score (nSPS) is 10.3. The van der Waals surface area contributed by atoms with Crippen LogP contribution in [-0.2, 0) is 0 Å². The SMILES string of the molecule is N=C(N)c1ccc(Oc2ccc(Cl)cc2)c(F)c1Br. The molecule has 0 saturated heterocycles. The molecule has 3 nitrogen and oxygen atoms in total. The molecular weight excluding hydrogens is 335 g/mol.